The van der Waals surface area contributed by atoms with Crippen LogP contribution in [-0.4, -0.2) is 35.4 Å². The third-order valence-corrected chi connectivity index (χ3v) is 3.52. The summed E-state index contributed by atoms with van der Waals surface area (Å²) in [6.45, 7) is 4.89. The quantitative estimate of drug-likeness (QED) is 0.775. The zero-order valence-electron chi connectivity index (χ0n) is 14.1. The normalized spacial score (nSPS) is 11.6. The van der Waals surface area contributed by atoms with Crippen molar-refractivity contribution < 1.29 is 22.7 Å². The van der Waals surface area contributed by atoms with E-state index in [-0.39, 0.29) is 12.2 Å². The fourth-order valence-electron chi connectivity index (χ4n) is 2.28. The third kappa shape index (κ3) is 4.82. The molecule has 2 aromatic rings. The van der Waals surface area contributed by atoms with Crippen LogP contribution in [0.3, 0.4) is 0 Å². The maximum Gasteiger partial charge on any atom is 0.434 e. The molecule has 5 nitrogen and oxygen atoms in total. The van der Waals surface area contributed by atoms with Crippen molar-refractivity contribution in [2.45, 2.75) is 26.4 Å². The number of hydrogen-bond donors (Lipinski definition) is 1. The Labute approximate surface area is 143 Å². The Balaban J connectivity index is 2.24. The first-order chi connectivity index (χ1) is 11.8. The zero-order chi connectivity index (χ0) is 18.4. The number of ether oxygens (including phenoxy) is 1. The number of rotatable bonds is 7. The van der Waals surface area contributed by atoms with Crippen molar-refractivity contribution >= 4 is 5.91 Å². The SMILES string of the molecule is CCOCCCNC(=O)c1cnn(-c2ccc(C)cc2)c1C(F)(F)F. The first-order valence-corrected chi connectivity index (χ1v) is 7.92. The summed E-state index contributed by atoms with van der Waals surface area (Å²) in [6, 6.07) is 6.43. The van der Waals surface area contributed by atoms with E-state index in [1.807, 2.05) is 13.8 Å². The Morgan fingerprint density at radius 3 is 2.56 bits per heavy atom. The molecule has 0 fully saturated rings. The van der Waals surface area contributed by atoms with Crippen LogP contribution in [-0.2, 0) is 10.9 Å². The molecule has 0 saturated carbocycles. The minimum absolute atomic E-state index is 0.228. The van der Waals surface area contributed by atoms with Gasteiger partial charge < -0.3 is 10.1 Å². The van der Waals surface area contributed by atoms with Gasteiger partial charge >= 0.3 is 6.18 Å². The van der Waals surface area contributed by atoms with E-state index in [1.165, 1.54) is 12.1 Å². The van der Waals surface area contributed by atoms with Crippen molar-refractivity contribution in [3.05, 3.63) is 47.3 Å². The van der Waals surface area contributed by atoms with Gasteiger partial charge in [-0.05, 0) is 32.4 Å². The van der Waals surface area contributed by atoms with E-state index in [2.05, 4.69) is 10.4 Å². The number of hydrogen-bond acceptors (Lipinski definition) is 3. The minimum Gasteiger partial charge on any atom is -0.382 e. The third-order valence-electron chi connectivity index (χ3n) is 3.52. The molecule has 1 aromatic heterocycles. The van der Waals surface area contributed by atoms with Gasteiger partial charge in [0.2, 0.25) is 0 Å². The molecule has 136 valence electrons. The second-order valence-corrected chi connectivity index (χ2v) is 5.46. The molecule has 25 heavy (non-hydrogen) atoms. The number of nitrogens with one attached hydrogen (secondary N) is 1. The Kier molecular flexibility index (Phi) is 6.19. The molecule has 0 aliphatic heterocycles. The first kappa shape index (κ1) is 19.0. The van der Waals surface area contributed by atoms with E-state index in [9.17, 15) is 18.0 Å². The number of carbonyl (C=O) groups is 1. The standard InChI is InChI=1S/C17H20F3N3O2/c1-3-25-10-4-9-21-16(24)14-11-22-23(15(14)17(18,19)20)13-7-5-12(2)6-8-13/h5-8,11H,3-4,9-10H2,1-2H3,(H,21,24). The summed E-state index contributed by atoms with van der Waals surface area (Å²) >= 11 is 0. The van der Waals surface area contributed by atoms with Gasteiger partial charge in [-0.2, -0.15) is 18.3 Å². The molecule has 0 aliphatic carbocycles. The highest BCUT2D eigenvalue weighted by atomic mass is 19.4. The van der Waals surface area contributed by atoms with Crippen LogP contribution < -0.4 is 5.32 Å². The number of nitrogens with zero attached hydrogens (tertiary/aromatic N) is 2. The Morgan fingerprint density at radius 2 is 1.96 bits per heavy atom. The molecule has 1 aromatic carbocycles. The average molecular weight is 355 g/mol. The number of halogens is 3. The van der Waals surface area contributed by atoms with E-state index in [0.29, 0.717) is 19.6 Å². The van der Waals surface area contributed by atoms with Crippen molar-refractivity contribution in [2.24, 2.45) is 0 Å². The highest BCUT2D eigenvalue weighted by molar-refractivity contribution is 5.95. The number of aromatic nitrogens is 2. The van der Waals surface area contributed by atoms with Crippen LogP contribution in [0, 0.1) is 6.92 Å². The molecule has 1 N–H and O–H groups in total. The van der Waals surface area contributed by atoms with E-state index < -0.39 is 23.3 Å². The maximum absolute atomic E-state index is 13.5. The van der Waals surface area contributed by atoms with E-state index >= 15 is 0 Å². The molecule has 0 unspecified atom stereocenters. The van der Waals surface area contributed by atoms with Crippen molar-refractivity contribution in [1.82, 2.24) is 15.1 Å². The fraction of sp³-hybridized carbons (Fsp3) is 0.412. The van der Waals surface area contributed by atoms with Gasteiger partial charge in [0.15, 0.2) is 5.69 Å². The van der Waals surface area contributed by atoms with Crippen LogP contribution in [0.1, 0.15) is 35.0 Å². The van der Waals surface area contributed by atoms with Crippen LogP contribution in [0.15, 0.2) is 30.5 Å². The highest BCUT2D eigenvalue weighted by Gasteiger charge is 2.40. The smallest absolute Gasteiger partial charge is 0.382 e. The van der Waals surface area contributed by atoms with Crippen molar-refractivity contribution in [3.8, 4) is 5.69 Å². The monoisotopic (exact) mass is 355 g/mol. The molecule has 1 heterocycles. The molecular weight excluding hydrogens is 335 g/mol. The summed E-state index contributed by atoms with van der Waals surface area (Å²) < 4.78 is 46.4. The number of amides is 1. The summed E-state index contributed by atoms with van der Waals surface area (Å²) in [7, 11) is 0. The van der Waals surface area contributed by atoms with Crippen molar-refractivity contribution in [2.75, 3.05) is 19.8 Å². The summed E-state index contributed by atoms with van der Waals surface area (Å²) in [5.41, 5.74) is -0.423. The van der Waals surface area contributed by atoms with Crippen LogP contribution in [0.2, 0.25) is 0 Å². The Bertz CT molecular complexity index is 709. The highest BCUT2D eigenvalue weighted by Crippen LogP contribution is 2.33. The lowest BCUT2D eigenvalue weighted by Crippen LogP contribution is -2.28. The van der Waals surface area contributed by atoms with E-state index in [1.54, 1.807) is 12.1 Å². The topological polar surface area (TPSA) is 56.1 Å². The molecule has 8 heteroatoms. The minimum atomic E-state index is -4.71. The lowest BCUT2D eigenvalue weighted by atomic mass is 10.2. The largest absolute Gasteiger partial charge is 0.434 e. The molecule has 0 radical (unpaired) electrons. The average Bonchev–Trinajstić information content (AvgIpc) is 3.00. The molecule has 1 amide bonds. The first-order valence-electron chi connectivity index (χ1n) is 7.92. The van der Waals surface area contributed by atoms with Gasteiger partial charge in [-0.15, -0.1) is 0 Å². The Morgan fingerprint density at radius 1 is 1.28 bits per heavy atom. The Hall–Kier alpha value is -2.35. The molecule has 0 aliphatic rings. The summed E-state index contributed by atoms with van der Waals surface area (Å²) in [4.78, 5) is 12.1. The predicted octanol–water partition coefficient (Wildman–Crippen LogP) is 3.36. The van der Waals surface area contributed by atoms with Crippen LogP contribution in [0.25, 0.3) is 5.69 Å². The molecule has 0 spiro atoms. The van der Waals surface area contributed by atoms with Gasteiger partial charge in [-0.3, -0.25) is 4.79 Å². The fourth-order valence-corrected chi connectivity index (χ4v) is 2.28. The van der Waals surface area contributed by atoms with Gasteiger partial charge in [-0.1, -0.05) is 17.7 Å². The van der Waals surface area contributed by atoms with Gasteiger partial charge in [0.05, 0.1) is 17.4 Å². The molecule has 2 rings (SSSR count). The van der Waals surface area contributed by atoms with Crippen molar-refractivity contribution in [3.63, 3.8) is 0 Å². The zero-order valence-corrected chi connectivity index (χ0v) is 14.1. The molecule has 0 bridgehead atoms. The lowest BCUT2D eigenvalue weighted by Gasteiger charge is -2.13. The predicted molar refractivity (Wildman–Crippen MR) is 86.7 cm³/mol. The van der Waals surface area contributed by atoms with E-state index in [4.69, 9.17) is 4.74 Å². The molecule has 0 saturated heterocycles. The van der Waals surface area contributed by atoms with E-state index in [0.717, 1.165) is 16.4 Å². The van der Waals surface area contributed by atoms with Crippen molar-refractivity contribution in [1.29, 1.82) is 0 Å². The van der Waals surface area contributed by atoms with Crippen LogP contribution >= 0.6 is 0 Å². The van der Waals surface area contributed by atoms with Gasteiger partial charge in [0.1, 0.15) is 0 Å². The second kappa shape index (κ2) is 8.15. The number of alkyl halides is 3. The molecular formula is C17H20F3N3O2. The lowest BCUT2D eigenvalue weighted by molar-refractivity contribution is -0.143. The van der Waals surface area contributed by atoms with Gasteiger partial charge in [-0.25, -0.2) is 4.68 Å². The number of benzene rings is 1. The number of aryl methyl sites for hydroxylation is 1. The summed E-state index contributed by atoms with van der Waals surface area (Å²) in [5, 5.41) is 6.24. The maximum atomic E-state index is 13.5. The summed E-state index contributed by atoms with van der Waals surface area (Å²) in [5.74, 6) is -0.804. The van der Waals surface area contributed by atoms with Gasteiger partial charge in [0.25, 0.3) is 5.91 Å². The van der Waals surface area contributed by atoms with Crippen LogP contribution in [0.4, 0.5) is 13.2 Å². The summed E-state index contributed by atoms with van der Waals surface area (Å²) in [6.07, 6.45) is -3.24. The second-order valence-electron chi connectivity index (χ2n) is 5.46. The van der Waals surface area contributed by atoms with Crippen LogP contribution in [0.5, 0.6) is 0 Å². The number of carbonyl (C=O) groups excluding carboxylic acids is 1. The van der Waals surface area contributed by atoms with Gasteiger partial charge in [0, 0.05) is 19.8 Å². The molecule has 0 atom stereocenters.